The minimum Gasteiger partial charge on any atom is -0.375 e. The fourth-order valence-electron chi connectivity index (χ4n) is 3.41. The molecule has 4 unspecified atom stereocenters. The Kier molecular flexibility index (Phi) is 3.08. The van der Waals surface area contributed by atoms with E-state index in [0.717, 1.165) is 19.3 Å². The Morgan fingerprint density at radius 3 is 2.50 bits per heavy atom. The quantitative estimate of drug-likeness (QED) is 0.894. The third kappa shape index (κ3) is 1.84. The van der Waals surface area contributed by atoms with Gasteiger partial charge in [-0.15, -0.1) is 0 Å². The number of benzene rings is 1. The summed E-state index contributed by atoms with van der Waals surface area (Å²) in [7, 11) is 1.75. The molecular weight excluding hydrogens is 236 g/mol. The van der Waals surface area contributed by atoms with Crippen LogP contribution in [0.1, 0.15) is 30.9 Å². The van der Waals surface area contributed by atoms with Crippen LogP contribution in [-0.2, 0) is 4.74 Å². The highest BCUT2D eigenvalue weighted by molar-refractivity contribution is 5.25. The molecule has 0 aliphatic carbocycles. The molecule has 0 amide bonds. The maximum Gasteiger partial charge on any atom is 0.130 e. The van der Waals surface area contributed by atoms with Crippen LogP contribution in [-0.4, -0.2) is 19.3 Å². The van der Waals surface area contributed by atoms with Crippen molar-refractivity contribution >= 4 is 0 Å². The van der Waals surface area contributed by atoms with Crippen LogP contribution in [0.2, 0.25) is 0 Å². The maximum atomic E-state index is 13.9. The summed E-state index contributed by atoms with van der Waals surface area (Å²) >= 11 is 0. The smallest absolute Gasteiger partial charge is 0.130 e. The fraction of sp³-hybridized carbons (Fsp3) is 0.571. The van der Waals surface area contributed by atoms with E-state index in [9.17, 15) is 8.78 Å². The predicted molar refractivity (Wildman–Crippen MR) is 64.2 cm³/mol. The molecule has 1 aromatic rings. The Morgan fingerprint density at radius 1 is 1.28 bits per heavy atom. The first-order valence-electron chi connectivity index (χ1n) is 6.47. The zero-order valence-electron chi connectivity index (χ0n) is 10.3. The SMILES string of the molecule is CNC(c1c(F)cccc1F)C1CC2CCC1O2. The molecule has 0 radical (unpaired) electrons. The van der Waals surface area contributed by atoms with E-state index in [1.807, 2.05) is 0 Å². The average Bonchev–Trinajstić information content (AvgIpc) is 2.96. The van der Waals surface area contributed by atoms with Crippen LogP contribution in [0, 0.1) is 17.6 Å². The van der Waals surface area contributed by atoms with E-state index in [0.29, 0.717) is 0 Å². The van der Waals surface area contributed by atoms with Gasteiger partial charge in [-0.1, -0.05) is 6.07 Å². The van der Waals surface area contributed by atoms with Gasteiger partial charge in [-0.3, -0.25) is 0 Å². The van der Waals surface area contributed by atoms with Gasteiger partial charge in [-0.25, -0.2) is 8.78 Å². The summed E-state index contributed by atoms with van der Waals surface area (Å²) in [5.74, 6) is -0.783. The summed E-state index contributed by atoms with van der Waals surface area (Å²) < 4.78 is 33.5. The van der Waals surface area contributed by atoms with E-state index in [1.54, 1.807) is 7.05 Å². The second-order valence-electron chi connectivity index (χ2n) is 5.18. The number of ether oxygens (including phenoxy) is 1. The number of hydrogen-bond acceptors (Lipinski definition) is 2. The van der Waals surface area contributed by atoms with E-state index in [-0.39, 0.29) is 29.7 Å². The lowest BCUT2D eigenvalue weighted by atomic mass is 9.81. The first kappa shape index (κ1) is 12.1. The normalized spacial score (nSPS) is 31.8. The highest BCUT2D eigenvalue weighted by atomic mass is 19.1. The molecule has 98 valence electrons. The number of nitrogens with one attached hydrogen (secondary N) is 1. The van der Waals surface area contributed by atoms with Crippen LogP contribution >= 0.6 is 0 Å². The molecule has 3 rings (SSSR count). The Morgan fingerprint density at radius 2 is 2.00 bits per heavy atom. The highest BCUT2D eigenvalue weighted by Crippen LogP contribution is 2.45. The monoisotopic (exact) mass is 253 g/mol. The topological polar surface area (TPSA) is 21.3 Å². The van der Waals surface area contributed by atoms with Gasteiger partial charge in [0.25, 0.3) is 0 Å². The number of fused-ring (bicyclic) bond motifs is 2. The fourth-order valence-corrected chi connectivity index (χ4v) is 3.41. The third-order valence-corrected chi connectivity index (χ3v) is 4.20. The van der Waals surface area contributed by atoms with E-state index in [4.69, 9.17) is 4.74 Å². The van der Waals surface area contributed by atoms with Gasteiger partial charge in [0.2, 0.25) is 0 Å². The van der Waals surface area contributed by atoms with Crippen molar-refractivity contribution in [2.45, 2.75) is 37.5 Å². The number of rotatable bonds is 3. The van der Waals surface area contributed by atoms with Crippen molar-refractivity contribution in [3.8, 4) is 0 Å². The molecule has 2 aliphatic heterocycles. The van der Waals surface area contributed by atoms with E-state index in [2.05, 4.69) is 5.32 Å². The van der Waals surface area contributed by atoms with Crippen LogP contribution in [0.4, 0.5) is 8.78 Å². The molecule has 0 spiro atoms. The van der Waals surface area contributed by atoms with E-state index >= 15 is 0 Å². The molecule has 0 saturated carbocycles. The van der Waals surface area contributed by atoms with E-state index in [1.165, 1.54) is 18.2 Å². The van der Waals surface area contributed by atoms with Crippen LogP contribution < -0.4 is 5.32 Å². The summed E-state index contributed by atoms with van der Waals surface area (Å²) in [6.45, 7) is 0. The summed E-state index contributed by atoms with van der Waals surface area (Å²) in [5.41, 5.74) is 0.154. The lowest BCUT2D eigenvalue weighted by Crippen LogP contribution is -2.33. The van der Waals surface area contributed by atoms with Gasteiger partial charge in [-0.05, 0) is 38.4 Å². The van der Waals surface area contributed by atoms with Gasteiger partial charge in [0.1, 0.15) is 11.6 Å². The Hall–Kier alpha value is -1.00. The van der Waals surface area contributed by atoms with Gasteiger partial charge in [0, 0.05) is 17.5 Å². The zero-order valence-corrected chi connectivity index (χ0v) is 10.3. The lowest BCUT2D eigenvalue weighted by Gasteiger charge is -2.29. The van der Waals surface area contributed by atoms with Crippen LogP contribution in [0.15, 0.2) is 18.2 Å². The molecule has 0 aromatic heterocycles. The number of hydrogen-bond donors (Lipinski definition) is 1. The van der Waals surface area contributed by atoms with Crippen molar-refractivity contribution < 1.29 is 13.5 Å². The molecule has 1 aromatic carbocycles. The minimum absolute atomic E-state index is 0.145. The van der Waals surface area contributed by atoms with Gasteiger partial charge in [-0.2, -0.15) is 0 Å². The Labute approximate surface area is 105 Å². The molecule has 2 nitrogen and oxygen atoms in total. The summed E-state index contributed by atoms with van der Waals surface area (Å²) in [5, 5.41) is 3.07. The van der Waals surface area contributed by atoms with Gasteiger partial charge < -0.3 is 10.1 Å². The van der Waals surface area contributed by atoms with Crippen molar-refractivity contribution in [1.82, 2.24) is 5.32 Å². The molecule has 18 heavy (non-hydrogen) atoms. The summed E-state index contributed by atoms with van der Waals surface area (Å²) in [6.07, 6.45) is 3.40. The van der Waals surface area contributed by atoms with Crippen molar-refractivity contribution in [1.29, 1.82) is 0 Å². The molecule has 2 fully saturated rings. The van der Waals surface area contributed by atoms with Gasteiger partial charge >= 0.3 is 0 Å². The lowest BCUT2D eigenvalue weighted by molar-refractivity contribution is 0.0857. The molecule has 1 N–H and O–H groups in total. The molecule has 2 saturated heterocycles. The van der Waals surface area contributed by atoms with Crippen LogP contribution in [0.25, 0.3) is 0 Å². The van der Waals surface area contributed by atoms with Crippen molar-refractivity contribution in [3.05, 3.63) is 35.4 Å². The van der Waals surface area contributed by atoms with Crippen molar-refractivity contribution in [2.24, 2.45) is 5.92 Å². The van der Waals surface area contributed by atoms with Crippen molar-refractivity contribution in [3.63, 3.8) is 0 Å². The first-order valence-corrected chi connectivity index (χ1v) is 6.47. The Bertz CT molecular complexity index is 431. The molecule has 2 aliphatic rings. The second-order valence-corrected chi connectivity index (χ2v) is 5.18. The van der Waals surface area contributed by atoms with Gasteiger partial charge in [0.05, 0.1) is 12.2 Å². The highest BCUT2D eigenvalue weighted by Gasteiger charge is 2.45. The number of halogens is 2. The van der Waals surface area contributed by atoms with Crippen LogP contribution in [0.5, 0.6) is 0 Å². The third-order valence-electron chi connectivity index (χ3n) is 4.20. The average molecular weight is 253 g/mol. The summed E-state index contributed by atoms with van der Waals surface area (Å²) in [4.78, 5) is 0. The zero-order chi connectivity index (χ0) is 12.7. The summed E-state index contributed by atoms with van der Waals surface area (Å²) in [6, 6.07) is 3.73. The van der Waals surface area contributed by atoms with Gasteiger partial charge in [0.15, 0.2) is 0 Å². The largest absolute Gasteiger partial charge is 0.375 e. The van der Waals surface area contributed by atoms with Crippen LogP contribution in [0.3, 0.4) is 0 Å². The van der Waals surface area contributed by atoms with E-state index < -0.39 is 11.6 Å². The molecule has 2 bridgehead atoms. The predicted octanol–water partition coefficient (Wildman–Crippen LogP) is 2.79. The standard InChI is InChI=1S/C14H17F2NO/c1-17-14(9-7-8-5-6-12(9)18-8)13-10(15)3-2-4-11(13)16/h2-4,8-9,12,14,17H,5-7H2,1H3. The molecule has 2 heterocycles. The molecule has 4 atom stereocenters. The second kappa shape index (κ2) is 4.59. The molecule has 4 heteroatoms. The van der Waals surface area contributed by atoms with Crippen molar-refractivity contribution in [2.75, 3.05) is 7.05 Å². The Balaban J connectivity index is 1.93. The molecular formula is C14H17F2NO. The maximum absolute atomic E-state index is 13.9. The first-order chi connectivity index (χ1) is 8.70. The minimum atomic E-state index is -0.475.